The molecule has 5 heteroatoms. The number of piperazine rings is 1. The molecule has 0 aliphatic carbocycles. The van der Waals surface area contributed by atoms with Crippen LogP contribution >= 0.6 is 11.6 Å². The Labute approximate surface area is 173 Å². The van der Waals surface area contributed by atoms with Crippen molar-refractivity contribution in [3.8, 4) is 0 Å². The number of rotatable bonds is 7. The lowest BCUT2D eigenvalue weighted by atomic mass is 10.1. The molecule has 0 atom stereocenters. The van der Waals surface area contributed by atoms with Crippen LogP contribution in [0.1, 0.15) is 25.8 Å². The summed E-state index contributed by atoms with van der Waals surface area (Å²) < 4.78 is 0. The molecule has 1 amide bonds. The van der Waals surface area contributed by atoms with Crippen molar-refractivity contribution in [2.45, 2.75) is 32.9 Å². The average Bonchev–Trinajstić information content (AvgIpc) is 2.71. The van der Waals surface area contributed by atoms with E-state index in [1.807, 2.05) is 41.3 Å². The summed E-state index contributed by atoms with van der Waals surface area (Å²) in [5.41, 5.74) is 2.36. The van der Waals surface area contributed by atoms with E-state index >= 15 is 0 Å². The molecule has 2 aromatic carbocycles. The minimum atomic E-state index is 0.201. The number of amides is 1. The molecule has 0 unspecified atom stereocenters. The van der Waals surface area contributed by atoms with Crippen LogP contribution in [0.5, 0.6) is 0 Å². The van der Waals surface area contributed by atoms with Gasteiger partial charge in [0.1, 0.15) is 0 Å². The van der Waals surface area contributed by atoms with Gasteiger partial charge in [-0.05, 0) is 37.6 Å². The Kier molecular flexibility index (Phi) is 7.35. The van der Waals surface area contributed by atoms with Gasteiger partial charge in [0.05, 0.1) is 0 Å². The number of benzene rings is 2. The lowest BCUT2D eigenvalue weighted by Crippen LogP contribution is -2.47. The molecule has 1 aliphatic rings. The van der Waals surface area contributed by atoms with Crippen molar-refractivity contribution in [3.05, 3.63) is 65.2 Å². The lowest BCUT2D eigenvalue weighted by Gasteiger charge is -2.36. The molecular formula is C23H30ClN3O. The zero-order valence-electron chi connectivity index (χ0n) is 16.9. The van der Waals surface area contributed by atoms with E-state index in [0.717, 1.165) is 37.7 Å². The average molecular weight is 400 g/mol. The molecule has 0 radical (unpaired) electrons. The van der Waals surface area contributed by atoms with Crippen LogP contribution in [0.2, 0.25) is 5.02 Å². The van der Waals surface area contributed by atoms with Crippen molar-refractivity contribution in [1.82, 2.24) is 9.80 Å². The highest BCUT2D eigenvalue weighted by Gasteiger charge is 2.21. The second-order valence-corrected chi connectivity index (χ2v) is 8.10. The summed E-state index contributed by atoms with van der Waals surface area (Å²) in [4.78, 5) is 19.6. The molecule has 1 saturated heterocycles. The fourth-order valence-corrected chi connectivity index (χ4v) is 3.82. The van der Waals surface area contributed by atoms with Gasteiger partial charge in [-0.15, -0.1) is 0 Å². The van der Waals surface area contributed by atoms with Crippen LogP contribution in [0.15, 0.2) is 54.6 Å². The van der Waals surface area contributed by atoms with Gasteiger partial charge in [0.25, 0.3) is 0 Å². The summed E-state index contributed by atoms with van der Waals surface area (Å²) in [6, 6.07) is 18.4. The number of hydrogen-bond acceptors (Lipinski definition) is 3. The second kappa shape index (κ2) is 9.94. The maximum Gasteiger partial charge on any atom is 0.224 e. The van der Waals surface area contributed by atoms with Gasteiger partial charge < -0.3 is 9.80 Å². The summed E-state index contributed by atoms with van der Waals surface area (Å²) in [6.45, 7) is 9.55. The van der Waals surface area contributed by atoms with Crippen LogP contribution in [0, 0.1) is 0 Å². The first-order valence-corrected chi connectivity index (χ1v) is 10.5. The molecule has 1 aliphatic heterocycles. The van der Waals surface area contributed by atoms with Crippen molar-refractivity contribution in [3.63, 3.8) is 0 Å². The monoisotopic (exact) mass is 399 g/mol. The van der Waals surface area contributed by atoms with Gasteiger partial charge in [0.15, 0.2) is 0 Å². The van der Waals surface area contributed by atoms with Crippen molar-refractivity contribution in [2.75, 3.05) is 37.6 Å². The molecule has 28 heavy (non-hydrogen) atoms. The van der Waals surface area contributed by atoms with E-state index in [4.69, 9.17) is 11.6 Å². The second-order valence-electron chi connectivity index (χ2n) is 7.66. The molecule has 1 fully saturated rings. The van der Waals surface area contributed by atoms with Crippen LogP contribution in [0.3, 0.4) is 0 Å². The zero-order chi connectivity index (χ0) is 19.9. The third-order valence-electron chi connectivity index (χ3n) is 5.33. The molecule has 2 aromatic rings. The first kappa shape index (κ1) is 20.7. The molecular weight excluding hydrogens is 370 g/mol. The molecule has 0 spiro atoms. The van der Waals surface area contributed by atoms with Crippen LogP contribution in [0.4, 0.5) is 5.69 Å². The Hall–Kier alpha value is -2.04. The summed E-state index contributed by atoms with van der Waals surface area (Å²) in [7, 11) is 0. The maximum absolute atomic E-state index is 12.8. The molecule has 4 nitrogen and oxygen atoms in total. The van der Waals surface area contributed by atoms with Crippen LogP contribution in [-0.4, -0.2) is 54.5 Å². The highest BCUT2D eigenvalue weighted by atomic mass is 35.5. The third-order valence-corrected chi connectivity index (χ3v) is 5.56. The number of carbonyl (C=O) groups is 1. The predicted molar refractivity (Wildman–Crippen MR) is 117 cm³/mol. The van der Waals surface area contributed by atoms with E-state index in [1.54, 1.807) is 0 Å². The van der Waals surface area contributed by atoms with Crippen LogP contribution in [0.25, 0.3) is 0 Å². The van der Waals surface area contributed by atoms with Gasteiger partial charge >= 0.3 is 0 Å². The predicted octanol–water partition coefficient (Wildman–Crippen LogP) is 4.29. The number of hydrogen-bond donors (Lipinski definition) is 0. The number of nitrogens with zero attached hydrogens (tertiary/aromatic N) is 3. The molecule has 0 aromatic heterocycles. The van der Waals surface area contributed by atoms with Gasteiger partial charge in [0, 0.05) is 62.4 Å². The van der Waals surface area contributed by atoms with E-state index in [1.165, 1.54) is 11.3 Å². The smallest absolute Gasteiger partial charge is 0.224 e. The van der Waals surface area contributed by atoms with E-state index < -0.39 is 0 Å². The highest BCUT2D eigenvalue weighted by molar-refractivity contribution is 6.30. The van der Waals surface area contributed by atoms with Gasteiger partial charge in [-0.1, -0.05) is 48.0 Å². The third kappa shape index (κ3) is 5.73. The molecule has 1 heterocycles. The first-order valence-electron chi connectivity index (χ1n) is 10.1. The maximum atomic E-state index is 12.8. The van der Waals surface area contributed by atoms with E-state index in [-0.39, 0.29) is 11.9 Å². The fraction of sp³-hybridized carbons (Fsp3) is 0.435. The van der Waals surface area contributed by atoms with Gasteiger partial charge in [-0.3, -0.25) is 9.69 Å². The summed E-state index contributed by atoms with van der Waals surface area (Å²) in [5, 5.41) is 0.776. The van der Waals surface area contributed by atoms with Gasteiger partial charge in [-0.25, -0.2) is 0 Å². The number of halogens is 1. The molecule has 0 bridgehead atoms. The normalized spacial score (nSPS) is 15.1. The topological polar surface area (TPSA) is 26.8 Å². The molecule has 0 saturated carbocycles. The Balaban J connectivity index is 1.47. The minimum Gasteiger partial charge on any atom is -0.369 e. The fourth-order valence-electron chi connectivity index (χ4n) is 3.64. The van der Waals surface area contributed by atoms with Crippen molar-refractivity contribution in [1.29, 1.82) is 0 Å². The van der Waals surface area contributed by atoms with Gasteiger partial charge in [-0.2, -0.15) is 0 Å². The first-order chi connectivity index (χ1) is 13.5. The Morgan fingerprint density at radius 1 is 1.04 bits per heavy atom. The Morgan fingerprint density at radius 3 is 2.39 bits per heavy atom. The zero-order valence-corrected chi connectivity index (χ0v) is 17.6. The highest BCUT2D eigenvalue weighted by Crippen LogP contribution is 2.21. The van der Waals surface area contributed by atoms with E-state index in [9.17, 15) is 4.79 Å². The van der Waals surface area contributed by atoms with E-state index in [0.29, 0.717) is 13.0 Å². The Bertz CT molecular complexity index is 757. The molecule has 0 N–H and O–H groups in total. The largest absolute Gasteiger partial charge is 0.369 e. The van der Waals surface area contributed by atoms with Crippen molar-refractivity contribution < 1.29 is 4.79 Å². The van der Waals surface area contributed by atoms with Crippen molar-refractivity contribution in [2.24, 2.45) is 0 Å². The minimum absolute atomic E-state index is 0.201. The summed E-state index contributed by atoms with van der Waals surface area (Å²) in [5.74, 6) is 0.233. The quantitative estimate of drug-likeness (QED) is 0.694. The molecule has 150 valence electrons. The van der Waals surface area contributed by atoms with Gasteiger partial charge in [0.2, 0.25) is 5.91 Å². The summed E-state index contributed by atoms with van der Waals surface area (Å²) in [6.07, 6.45) is 0.572. The Morgan fingerprint density at radius 2 is 1.75 bits per heavy atom. The standard InChI is InChI=1S/C23H30ClN3O/c1-19(2)27(18-20-7-4-3-5-8-20)23(28)11-12-25-13-15-26(16-14-25)22-10-6-9-21(24)17-22/h3-10,17,19H,11-16,18H2,1-2H3. The summed E-state index contributed by atoms with van der Waals surface area (Å²) >= 11 is 6.11. The van der Waals surface area contributed by atoms with Crippen molar-refractivity contribution >= 4 is 23.2 Å². The molecule has 3 rings (SSSR count). The lowest BCUT2D eigenvalue weighted by molar-refractivity contribution is -0.133. The number of anilines is 1. The van der Waals surface area contributed by atoms with Crippen LogP contribution in [-0.2, 0) is 11.3 Å². The van der Waals surface area contributed by atoms with E-state index in [2.05, 4.69) is 41.8 Å². The SMILES string of the molecule is CC(C)N(Cc1ccccc1)C(=O)CCN1CCN(c2cccc(Cl)c2)CC1. The van der Waals surface area contributed by atoms with Crippen LogP contribution < -0.4 is 4.90 Å². The number of carbonyl (C=O) groups excluding carboxylic acids is 1.